The van der Waals surface area contributed by atoms with Gasteiger partial charge in [0.25, 0.3) is 0 Å². The Kier molecular flexibility index (Phi) is 5.33. The molecule has 0 bridgehead atoms. The molecule has 0 saturated carbocycles. The Morgan fingerprint density at radius 2 is 1.71 bits per heavy atom. The molecule has 0 heterocycles. The predicted molar refractivity (Wildman–Crippen MR) is 88.1 cm³/mol. The number of nitrogens with zero attached hydrogens (tertiary/aromatic N) is 1. The Morgan fingerprint density at radius 3 is 2.29 bits per heavy atom. The van der Waals surface area contributed by atoms with Crippen LogP contribution in [-0.2, 0) is 22.0 Å². The minimum Gasteiger partial charge on any atom is -0.266 e. The van der Waals surface area contributed by atoms with Crippen molar-refractivity contribution in [3.05, 3.63) is 78.4 Å². The zero-order valence-electron chi connectivity index (χ0n) is 12.7. The Hall–Kier alpha value is -2.28. The molecule has 0 N–H and O–H groups in total. The highest BCUT2D eigenvalue weighted by atomic mass is 32.2. The topological polar surface area (TPSA) is 37.4 Å². The third-order valence-corrected chi connectivity index (χ3v) is 5.01. The highest BCUT2D eigenvalue weighted by Crippen LogP contribution is 2.30. The number of hydrogen-bond donors (Lipinski definition) is 0. The molecule has 0 saturated heterocycles. The number of rotatable bonds is 6. The molecule has 0 aliphatic rings. The van der Waals surface area contributed by atoms with Crippen molar-refractivity contribution in [1.29, 1.82) is 0 Å². The van der Waals surface area contributed by atoms with Gasteiger partial charge in [-0.3, -0.25) is 4.31 Å². The maximum Gasteiger partial charge on any atom is 0.416 e. The van der Waals surface area contributed by atoms with Crippen LogP contribution in [0.5, 0.6) is 0 Å². The molecule has 0 radical (unpaired) electrons. The Bertz CT molecular complexity index is 802. The summed E-state index contributed by atoms with van der Waals surface area (Å²) in [6.07, 6.45) is -3.09. The Labute approximate surface area is 139 Å². The highest BCUT2D eigenvalue weighted by molar-refractivity contribution is 7.92. The van der Waals surface area contributed by atoms with Gasteiger partial charge in [0, 0.05) is 0 Å². The number of alkyl halides is 3. The standard InChI is InChI=1S/C17H16F3NO2S/c1-2-11-21(16-9-4-3-5-10-16)24(22,23)13-14-7-6-8-15(12-14)17(18,19)20/h2-10,12H,1,11,13H2. The second-order valence-corrected chi connectivity index (χ2v) is 7.00. The first-order valence-corrected chi connectivity index (χ1v) is 8.67. The lowest BCUT2D eigenvalue weighted by Crippen LogP contribution is -2.32. The summed E-state index contributed by atoms with van der Waals surface area (Å²) in [6, 6.07) is 12.7. The summed E-state index contributed by atoms with van der Waals surface area (Å²) < 4.78 is 64.7. The van der Waals surface area contributed by atoms with Crippen molar-refractivity contribution in [2.24, 2.45) is 0 Å². The van der Waals surface area contributed by atoms with E-state index in [1.165, 1.54) is 18.2 Å². The quantitative estimate of drug-likeness (QED) is 0.727. The number of halogens is 3. The van der Waals surface area contributed by atoms with Crippen LogP contribution in [0, 0.1) is 0 Å². The van der Waals surface area contributed by atoms with E-state index >= 15 is 0 Å². The van der Waals surface area contributed by atoms with Crippen LogP contribution in [0.3, 0.4) is 0 Å². The van der Waals surface area contributed by atoms with E-state index in [9.17, 15) is 21.6 Å². The third-order valence-electron chi connectivity index (χ3n) is 3.28. The lowest BCUT2D eigenvalue weighted by Gasteiger charge is -2.23. The first-order valence-electron chi connectivity index (χ1n) is 7.06. The number of para-hydroxylation sites is 1. The maximum absolute atomic E-state index is 12.8. The molecular formula is C17H16F3NO2S. The molecule has 128 valence electrons. The van der Waals surface area contributed by atoms with Gasteiger partial charge in [0.15, 0.2) is 0 Å². The summed E-state index contributed by atoms with van der Waals surface area (Å²) in [4.78, 5) is 0. The normalized spacial score (nSPS) is 12.0. The smallest absolute Gasteiger partial charge is 0.266 e. The van der Waals surface area contributed by atoms with E-state index in [-0.39, 0.29) is 12.1 Å². The lowest BCUT2D eigenvalue weighted by atomic mass is 10.1. The predicted octanol–water partition coefficient (Wildman–Crippen LogP) is 4.23. The SMILES string of the molecule is C=CCN(c1ccccc1)S(=O)(=O)Cc1cccc(C(F)(F)F)c1. The molecule has 0 aliphatic heterocycles. The van der Waals surface area contributed by atoms with Gasteiger partial charge in [-0.05, 0) is 23.8 Å². The van der Waals surface area contributed by atoms with Crippen LogP contribution < -0.4 is 4.31 Å². The molecule has 0 atom stereocenters. The average Bonchev–Trinajstić information content (AvgIpc) is 2.52. The maximum atomic E-state index is 12.8. The van der Waals surface area contributed by atoms with Gasteiger partial charge in [-0.1, -0.05) is 42.5 Å². The third kappa shape index (κ3) is 4.38. The van der Waals surface area contributed by atoms with Crippen LogP contribution in [-0.4, -0.2) is 15.0 Å². The lowest BCUT2D eigenvalue weighted by molar-refractivity contribution is -0.137. The number of anilines is 1. The van der Waals surface area contributed by atoms with Gasteiger partial charge in [-0.25, -0.2) is 8.42 Å². The molecule has 7 heteroatoms. The van der Waals surface area contributed by atoms with Crippen molar-refractivity contribution in [3.63, 3.8) is 0 Å². The van der Waals surface area contributed by atoms with Gasteiger partial charge in [-0.15, -0.1) is 6.58 Å². The van der Waals surface area contributed by atoms with Crippen molar-refractivity contribution in [2.45, 2.75) is 11.9 Å². The van der Waals surface area contributed by atoms with Crippen molar-refractivity contribution >= 4 is 15.7 Å². The molecule has 24 heavy (non-hydrogen) atoms. The minimum atomic E-state index is -4.51. The van der Waals surface area contributed by atoms with Crippen LogP contribution >= 0.6 is 0 Å². The second-order valence-electron chi connectivity index (χ2n) is 5.11. The fourth-order valence-corrected chi connectivity index (χ4v) is 3.75. The number of sulfonamides is 1. The highest BCUT2D eigenvalue weighted by Gasteiger charge is 2.31. The van der Waals surface area contributed by atoms with E-state index in [1.807, 2.05) is 0 Å². The largest absolute Gasteiger partial charge is 0.416 e. The molecule has 2 aromatic carbocycles. The van der Waals surface area contributed by atoms with E-state index in [0.29, 0.717) is 5.69 Å². The van der Waals surface area contributed by atoms with Crippen LogP contribution in [0.15, 0.2) is 67.3 Å². The van der Waals surface area contributed by atoms with E-state index in [1.54, 1.807) is 30.3 Å². The van der Waals surface area contributed by atoms with E-state index in [2.05, 4.69) is 6.58 Å². The molecule has 3 nitrogen and oxygen atoms in total. The van der Waals surface area contributed by atoms with Crippen molar-refractivity contribution < 1.29 is 21.6 Å². The zero-order valence-corrected chi connectivity index (χ0v) is 13.5. The van der Waals surface area contributed by atoms with Crippen molar-refractivity contribution in [1.82, 2.24) is 0 Å². The van der Waals surface area contributed by atoms with Crippen LogP contribution in [0.4, 0.5) is 18.9 Å². The first-order chi connectivity index (χ1) is 11.2. The summed E-state index contributed by atoms with van der Waals surface area (Å²) in [6.45, 7) is 3.57. The van der Waals surface area contributed by atoms with Crippen molar-refractivity contribution in [2.75, 3.05) is 10.8 Å². The summed E-state index contributed by atoms with van der Waals surface area (Å²) in [5, 5.41) is 0. The molecular weight excluding hydrogens is 339 g/mol. The Morgan fingerprint density at radius 1 is 1.04 bits per heavy atom. The van der Waals surface area contributed by atoms with Gasteiger partial charge < -0.3 is 0 Å². The molecule has 0 aromatic heterocycles. The summed E-state index contributed by atoms with van der Waals surface area (Å²) >= 11 is 0. The summed E-state index contributed by atoms with van der Waals surface area (Å²) in [5.41, 5.74) is -0.357. The van der Waals surface area contributed by atoms with Gasteiger partial charge in [0.1, 0.15) is 0 Å². The molecule has 0 aliphatic carbocycles. The van der Waals surface area contributed by atoms with E-state index in [4.69, 9.17) is 0 Å². The van der Waals surface area contributed by atoms with Crippen LogP contribution in [0.1, 0.15) is 11.1 Å². The first kappa shape index (κ1) is 18.1. The molecule has 0 unspecified atom stereocenters. The van der Waals surface area contributed by atoms with Gasteiger partial charge in [-0.2, -0.15) is 13.2 Å². The minimum absolute atomic E-state index is 0.0330. The molecule has 0 spiro atoms. The molecule has 2 rings (SSSR count). The fourth-order valence-electron chi connectivity index (χ4n) is 2.22. The molecule has 0 fully saturated rings. The Balaban J connectivity index is 2.34. The molecule has 0 amide bonds. The van der Waals surface area contributed by atoms with Crippen LogP contribution in [0.2, 0.25) is 0 Å². The zero-order chi connectivity index (χ0) is 17.8. The monoisotopic (exact) mass is 355 g/mol. The summed E-state index contributed by atoms with van der Waals surface area (Å²) in [5.74, 6) is -0.528. The number of hydrogen-bond acceptors (Lipinski definition) is 2. The van der Waals surface area contributed by atoms with Crippen LogP contribution in [0.25, 0.3) is 0 Å². The van der Waals surface area contributed by atoms with Crippen molar-refractivity contribution in [3.8, 4) is 0 Å². The number of benzene rings is 2. The molecule has 2 aromatic rings. The summed E-state index contributed by atoms with van der Waals surface area (Å²) in [7, 11) is -3.86. The average molecular weight is 355 g/mol. The fraction of sp³-hybridized carbons (Fsp3) is 0.176. The second kappa shape index (κ2) is 7.09. The van der Waals surface area contributed by atoms with Gasteiger partial charge >= 0.3 is 6.18 Å². The van der Waals surface area contributed by atoms with Gasteiger partial charge in [0.2, 0.25) is 10.0 Å². The van der Waals surface area contributed by atoms with E-state index in [0.717, 1.165) is 16.4 Å². The van der Waals surface area contributed by atoms with E-state index < -0.39 is 27.5 Å². The van der Waals surface area contributed by atoms with Gasteiger partial charge in [0.05, 0.1) is 23.5 Å².